The summed E-state index contributed by atoms with van der Waals surface area (Å²) < 4.78 is 12.2. The van der Waals surface area contributed by atoms with Crippen LogP contribution in [0.3, 0.4) is 0 Å². The molecule has 1 aromatic carbocycles. The molecule has 1 aromatic heterocycles. The van der Waals surface area contributed by atoms with Gasteiger partial charge in [0.2, 0.25) is 0 Å². The molecular weight excluding hydrogens is 256 g/mol. The minimum absolute atomic E-state index is 0.335. The molecule has 1 heterocycles. The Labute approximate surface area is 118 Å². The number of hydrogen-bond donors (Lipinski definition) is 0. The summed E-state index contributed by atoms with van der Waals surface area (Å²) in [6, 6.07) is 7.15. The maximum atomic E-state index is 11.3. The van der Waals surface area contributed by atoms with E-state index >= 15 is 0 Å². The van der Waals surface area contributed by atoms with E-state index in [-0.39, 0.29) is 5.97 Å². The van der Waals surface area contributed by atoms with Gasteiger partial charge in [0.25, 0.3) is 0 Å². The third-order valence-corrected chi connectivity index (χ3v) is 2.84. The van der Waals surface area contributed by atoms with Crippen molar-refractivity contribution in [3.63, 3.8) is 0 Å². The van der Waals surface area contributed by atoms with Gasteiger partial charge < -0.3 is 9.47 Å². The van der Waals surface area contributed by atoms with Gasteiger partial charge in [-0.3, -0.25) is 4.68 Å². The van der Waals surface area contributed by atoms with E-state index in [0.717, 1.165) is 24.3 Å². The number of nitrogens with zero attached hydrogens (tertiary/aromatic N) is 2. The van der Waals surface area contributed by atoms with Gasteiger partial charge in [0, 0.05) is 6.54 Å². The second-order valence-electron chi connectivity index (χ2n) is 4.42. The van der Waals surface area contributed by atoms with Gasteiger partial charge in [-0.2, -0.15) is 5.10 Å². The van der Waals surface area contributed by atoms with Crippen molar-refractivity contribution in [2.75, 3.05) is 7.11 Å². The summed E-state index contributed by atoms with van der Waals surface area (Å²) in [7, 11) is 1.37. The summed E-state index contributed by atoms with van der Waals surface area (Å²) in [4.78, 5) is 11.3. The number of carbonyl (C=O) groups excluding carboxylic acids is 1. The number of rotatable bonds is 6. The zero-order valence-electron chi connectivity index (χ0n) is 11.7. The minimum atomic E-state index is -0.335. The number of hydrogen-bond acceptors (Lipinski definition) is 4. The summed E-state index contributed by atoms with van der Waals surface area (Å²) in [6.07, 6.45) is 4.63. The van der Waals surface area contributed by atoms with Crippen molar-refractivity contribution in [3.8, 4) is 5.75 Å². The molecule has 0 radical (unpaired) electrons. The topological polar surface area (TPSA) is 53.4 Å². The van der Waals surface area contributed by atoms with Gasteiger partial charge in [0.15, 0.2) is 5.75 Å². The molecular formula is C15H18N2O3. The molecule has 5 heteroatoms. The fourth-order valence-corrected chi connectivity index (χ4v) is 1.79. The average molecular weight is 274 g/mol. The van der Waals surface area contributed by atoms with Gasteiger partial charge in [-0.05, 0) is 24.1 Å². The summed E-state index contributed by atoms with van der Waals surface area (Å²) in [6.45, 7) is 3.43. The quantitative estimate of drug-likeness (QED) is 0.760. The fraction of sp³-hybridized carbons (Fsp3) is 0.333. The first-order chi connectivity index (χ1) is 9.72. The van der Waals surface area contributed by atoms with Crippen LogP contribution in [0.4, 0.5) is 0 Å². The standard InChI is InChI=1S/C15H18N2O3/c1-3-8-17-10-14(9-16-17)20-11-12-4-6-13(7-5-12)15(18)19-2/h4-7,9-10H,3,8,11H2,1-2H3. The maximum absolute atomic E-state index is 11.3. The van der Waals surface area contributed by atoms with Crippen LogP contribution >= 0.6 is 0 Å². The Morgan fingerprint density at radius 3 is 2.70 bits per heavy atom. The van der Waals surface area contributed by atoms with Crippen molar-refractivity contribution in [1.29, 1.82) is 0 Å². The molecule has 0 atom stereocenters. The van der Waals surface area contributed by atoms with Crippen LogP contribution in [0, 0.1) is 0 Å². The third-order valence-electron chi connectivity index (χ3n) is 2.84. The van der Waals surface area contributed by atoms with Gasteiger partial charge in [-0.15, -0.1) is 0 Å². The molecule has 20 heavy (non-hydrogen) atoms. The zero-order chi connectivity index (χ0) is 14.4. The molecule has 2 aromatic rings. The van der Waals surface area contributed by atoms with Gasteiger partial charge in [0.05, 0.1) is 25.1 Å². The van der Waals surface area contributed by atoms with Gasteiger partial charge in [-0.25, -0.2) is 4.79 Å². The molecule has 0 aliphatic heterocycles. The second-order valence-corrected chi connectivity index (χ2v) is 4.42. The number of carbonyl (C=O) groups is 1. The van der Waals surface area contributed by atoms with E-state index in [1.807, 2.05) is 23.0 Å². The lowest BCUT2D eigenvalue weighted by Crippen LogP contribution is -2.01. The van der Waals surface area contributed by atoms with Crippen molar-refractivity contribution in [2.24, 2.45) is 0 Å². The lowest BCUT2D eigenvalue weighted by atomic mass is 10.1. The van der Waals surface area contributed by atoms with E-state index < -0.39 is 0 Å². The smallest absolute Gasteiger partial charge is 0.337 e. The number of methoxy groups -OCH3 is 1. The molecule has 0 aliphatic rings. The van der Waals surface area contributed by atoms with Crippen LogP contribution in [0.25, 0.3) is 0 Å². The SMILES string of the molecule is CCCn1cc(OCc2ccc(C(=O)OC)cc2)cn1. The zero-order valence-corrected chi connectivity index (χ0v) is 11.7. The molecule has 0 N–H and O–H groups in total. The first-order valence-electron chi connectivity index (χ1n) is 6.55. The van der Waals surface area contributed by atoms with Crippen molar-refractivity contribution in [1.82, 2.24) is 9.78 Å². The van der Waals surface area contributed by atoms with Crippen molar-refractivity contribution in [2.45, 2.75) is 26.5 Å². The highest BCUT2D eigenvalue weighted by Gasteiger charge is 2.05. The van der Waals surface area contributed by atoms with Gasteiger partial charge in [0.1, 0.15) is 6.61 Å². The number of ether oxygens (including phenoxy) is 2. The summed E-state index contributed by atoms with van der Waals surface area (Å²) in [5.41, 5.74) is 1.52. The van der Waals surface area contributed by atoms with Crippen LogP contribution in [0.5, 0.6) is 5.75 Å². The van der Waals surface area contributed by atoms with Crippen LogP contribution in [0.15, 0.2) is 36.7 Å². The van der Waals surface area contributed by atoms with Crippen LogP contribution in [-0.2, 0) is 17.9 Å². The summed E-state index contributed by atoms with van der Waals surface area (Å²) in [5.74, 6) is 0.411. The number of esters is 1. The van der Waals surface area contributed by atoms with Gasteiger partial charge >= 0.3 is 5.97 Å². The van der Waals surface area contributed by atoms with Gasteiger partial charge in [-0.1, -0.05) is 19.1 Å². The van der Waals surface area contributed by atoms with E-state index in [0.29, 0.717) is 12.2 Å². The maximum Gasteiger partial charge on any atom is 0.337 e. The fourth-order valence-electron chi connectivity index (χ4n) is 1.79. The van der Waals surface area contributed by atoms with E-state index in [1.54, 1.807) is 18.3 Å². The number of benzene rings is 1. The van der Waals surface area contributed by atoms with E-state index in [2.05, 4.69) is 16.8 Å². The molecule has 0 amide bonds. The molecule has 2 rings (SSSR count). The monoisotopic (exact) mass is 274 g/mol. The van der Waals surface area contributed by atoms with Crippen LogP contribution in [0.2, 0.25) is 0 Å². The van der Waals surface area contributed by atoms with Crippen molar-refractivity contribution >= 4 is 5.97 Å². The predicted octanol–water partition coefficient (Wildman–Crippen LogP) is 2.66. The van der Waals surface area contributed by atoms with Crippen molar-refractivity contribution < 1.29 is 14.3 Å². The Morgan fingerprint density at radius 2 is 2.05 bits per heavy atom. The summed E-state index contributed by atoms with van der Waals surface area (Å²) in [5, 5.41) is 4.20. The molecule has 0 fully saturated rings. The molecule has 0 unspecified atom stereocenters. The molecule has 0 saturated heterocycles. The molecule has 0 aliphatic carbocycles. The lowest BCUT2D eigenvalue weighted by Gasteiger charge is -2.04. The Balaban J connectivity index is 1.91. The Kier molecular flexibility index (Phi) is 4.76. The van der Waals surface area contributed by atoms with E-state index in [1.165, 1.54) is 7.11 Å². The molecule has 0 spiro atoms. The predicted molar refractivity (Wildman–Crippen MR) is 74.6 cm³/mol. The first kappa shape index (κ1) is 14.1. The first-order valence-corrected chi connectivity index (χ1v) is 6.55. The number of aryl methyl sites for hydroxylation is 1. The highest BCUT2D eigenvalue weighted by atomic mass is 16.5. The van der Waals surface area contributed by atoms with E-state index in [9.17, 15) is 4.79 Å². The molecule has 0 bridgehead atoms. The Hall–Kier alpha value is -2.30. The van der Waals surface area contributed by atoms with Crippen LogP contribution in [0.1, 0.15) is 29.3 Å². The average Bonchev–Trinajstić information content (AvgIpc) is 2.93. The van der Waals surface area contributed by atoms with E-state index in [4.69, 9.17) is 4.74 Å². The Morgan fingerprint density at radius 1 is 1.30 bits per heavy atom. The minimum Gasteiger partial charge on any atom is -0.486 e. The van der Waals surface area contributed by atoms with Crippen molar-refractivity contribution in [3.05, 3.63) is 47.8 Å². The summed E-state index contributed by atoms with van der Waals surface area (Å²) >= 11 is 0. The highest BCUT2D eigenvalue weighted by molar-refractivity contribution is 5.89. The van der Waals surface area contributed by atoms with Crippen LogP contribution in [-0.4, -0.2) is 22.9 Å². The molecule has 0 saturated carbocycles. The molecule has 106 valence electrons. The largest absolute Gasteiger partial charge is 0.486 e. The highest BCUT2D eigenvalue weighted by Crippen LogP contribution is 2.12. The lowest BCUT2D eigenvalue weighted by molar-refractivity contribution is 0.0600. The Bertz CT molecular complexity index is 561. The second kappa shape index (κ2) is 6.75. The van der Waals surface area contributed by atoms with Crippen LogP contribution < -0.4 is 4.74 Å². The molecule has 5 nitrogen and oxygen atoms in total. The third kappa shape index (κ3) is 3.60. The number of aromatic nitrogens is 2. The normalized spacial score (nSPS) is 10.3.